The third-order valence-corrected chi connectivity index (χ3v) is 5.16. The van der Waals surface area contributed by atoms with Crippen LogP contribution in [0.4, 0.5) is 0 Å². The molecule has 3 rings (SSSR count). The summed E-state index contributed by atoms with van der Waals surface area (Å²) in [7, 11) is 0. The zero-order valence-electron chi connectivity index (χ0n) is 14.7. The van der Waals surface area contributed by atoms with Crippen LogP contribution in [0.5, 0.6) is 0 Å². The Labute approximate surface area is 152 Å². The SMILES string of the molecule is Cc1ccc(-c2nc(CSCC(=O)NC[C@@H]3CCCO3)c(C)o2)cc1. The van der Waals surface area contributed by atoms with E-state index in [0.29, 0.717) is 23.9 Å². The number of carbonyl (C=O) groups is 1. The van der Waals surface area contributed by atoms with Crippen molar-refractivity contribution in [2.75, 3.05) is 18.9 Å². The summed E-state index contributed by atoms with van der Waals surface area (Å²) in [5, 5.41) is 2.93. The lowest BCUT2D eigenvalue weighted by Gasteiger charge is -2.10. The summed E-state index contributed by atoms with van der Waals surface area (Å²) < 4.78 is 11.3. The van der Waals surface area contributed by atoms with Crippen LogP contribution >= 0.6 is 11.8 Å². The second kappa shape index (κ2) is 8.54. The smallest absolute Gasteiger partial charge is 0.230 e. The average Bonchev–Trinajstić information content (AvgIpc) is 3.24. The van der Waals surface area contributed by atoms with Crippen molar-refractivity contribution in [1.29, 1.82) is 0 Å². The third-order valence-electron chi connectivity index (χ3n) is 4.21. The van der Waals surface area contributed by atoms with Crippen molar-refractivity contribution in [2.24, 2.45) is 0 Å². The molecule has 1 amide bonds. The van der Waals surface area contributed by atoms with Crippen LogP contribution in [-0.2, 0) is 15.3 Å². The molecule has 0 aliphatic carbocycles. The second-order valence-electron chi connectivity index (χ2n) is 6.32. The molecule has 1 aromatic carbocycles. The normalized spacial score (nSPS) is 17.0. The number of nitrogens with zero attached hydrogens (tertiary/aromatic N) is 1. The highest BCUT2D eigenvalue weighted by molar-refractivity contribution is 7.99. The lowest BCUT2D eigenvalue weighted by atomic mass is 10.1. The molecule has 1 N–H and O–H groups in total. The summed E-state index contributed by atoms with van der Waals surface area (Å²) in [5.41, 5.74) is 3.07. The lowest BCUT2D eigenvalue weighted by molar-refractivity contribution is -0.119. The van der Waals surface area contributed by atoms with E-state index in [2.05, 4.69) is 17.2 Å². The van der Waals surface area contributed by atoms with Crippen LogP contribution < -0.4 is 5.32 Å². The minimum Gasteiger partial charge on any atom is -0.441 e. The summed E-state index contributed by atoms with van der Waals surface area (Å²) in [5.74, 6) is 2.56. The molecular formula is C19H24N2O3S. The summed E-state index contributed by atoms with van der Waals surface area (Å²) in [6.07, 6.45) is 2.31. The maximum atomic E-state index is 11.9. The van der Waals surface area contributed by atoms with E-state index in [0.717, 1.165) is 36.5 Å². The van der Waals surface area contributed by atoms with Gasteiger partial charge in [0, 0.05) is 24.5 Å². The lowest BCUT2D eigenvalue weighted by Crippen LogP contribution is -2.32. The van der Waals surface area contributed by atoms with Crippen molar-refractivity contribution in [1.82, 2.24) is 10.3 Å². The molecule has 1 atom stereocenters. The summed E-state index contributed by atoms with van der Waals surface area (Å²) >= 11 is 1.55. The standard InChI is InChI=1S/C19H24N2O3S/c1-13-5-7-15(8-6-13)19-21-17(14(2)24-19)11-25-12-18(22)20-10-16-4-3-9-23-16/h5-8,16H,3-4,9-12H2,1-2H3,(H,20,22)/t16-/m0/s1. The fourth-order valence-corrected chi connectivity index (χ4v) is 3.56. The van der Waals surface area contributed by atoms with Gasteiger partial charge in [-0.2, -0.15) is 0 Å². The van der Waals surface area contributed by atoms with Gasteiger partial charge in [-0.05, 0) is 38.8 Å². The summed E-state index contributed by atoms with van der Waals surface area (Å²) in [4.78, 5) is 16.5. The topological polar surface area (TPSA) is 64.4 Å². The first kappa shape index (κ1) is 18.0. The van der Waals surface area contributed by atoms with Crippen LogP contribution in [0.2, 0.25) is 0 Å². The van der Waals surface area contributed by atoms with Crippen LogP contribution in [-0.4, -0.2) is 35.9 Å². The Morgan fingerprint density at radius 2 is 2.12 bits per heavy atom. The van der Waals surface area contributed by atoms with Gasteiger partial charge in [-0.15, -0.1) is 11.8 Å². The number of hydrogen-bond donors (Lipinski definition) is 1. The monoisotopic (exact) mass is 360 g/mol. The van der Waals surface area contributed by atoms with E-state index < -0.39 is 0 Å². The molecule has 1 saturated heterocycles. The van der Waals surface area contributed by atoms with Gasteiger partial charge in [0.2, 0.25) is 11.8 Å². The Balaban J connectivity index is 1.46. The molecule has 1 fully saturated rings. The van der Waals surface area contributed by atoms with Crippen LogP contribution in [0, 0.1) is 13.8 Å². The van der Waals surface area contributed by atoms with Crippen LogP contribution in [0.25, 0.3) is 11.5 Å². The number of carbonyl (C=O) groups excluding carboxylic acids is 1. The molecule has 2 heterocycles. The Morgan fingerprint density at radius 3 is 2.84 bits per heavy atom. The molecule has 0 saturated carbocycles. The molecule has 1 aliphatic rings. The first-order valence-electron chi connectivity index (χ1n) is 8.61. The minimum atomic E-state index is 0.0420. The van der Waals surface area contributed by atoms with E-state index in [1.165, 1.54) is 5.56 Å². The molecule has 0 unspecified atom stereocenters. The van der Waals surface area contributed by atoms with Gasteiger partial charge in [0.05, 0.1) is 17.6 Å². The summed E-state index contributed by atoms with van der Waals surface area (Å²) in [6, 6.07) is 8.11. The van der Waals surface area contributed by atoms with Crippen molar-refractivity contribution in [3.63, 3.8) is 0 Å². The van der Waals surface area contributed by atoms with Gasteiger partial charge in [-0.1, -0.05) is 17.7 Å². The van der Waals surface area contributed by atoms with Gasteiger partial charge in [-0.3, -0.25) is 4.79 Å². The number of aromatic nitrogens is 1. The van der Waals surface area contributed by atoms with Crippen molar-refractivity contribution in [3.05, 3.63) is 41.3 Å². The maximum Gasteiger partial charge on any atom is 0.230 e. The molecule has 0 spiro atoms. The van der Waals surface area contributed by atoms with E-state index in [-0.39, 0.29) is 12.0 Å². The number of amides is 1. The zero-order valence-corrected chi connectivity index (χ0v) is 15.5. The minimum absolute atomic E-state index is 0.0420. The van der Waals surface area contributed by atoms with E-state index in [1.807, 2.05) is 31.2 Å². The number of nitrogens with one attached hydrogen (secondary N) is 1. The first-order chi connectivity index (χ1) is 12.1. The van der Waals surface area contributed by atoms with Crippen molar-refractivity contribution < 1.29 is 13.9 Å². The van der Waals surface area contributed by atoms with Gasteiger partial charge in [-0.25, -0.2) is 4.98 Å². The van der Waals surface area contributed by atoms with Gasteiger partial charge >= 0.3 is 0 Å². The average molecular weight is 360 g/mol. The molecule has 6 heteroatoms. The van der Waals surface area contributed by atoms with Crippen molar-refractivity contribution in [3.8, 4) is 11.5 Å². The number of rotatable bonds is 7. The predicted molar refractivity (Wildman–Crippen MR) is 99.6 cm³/mol. The largest absolute Gasteiger partial charge is 0.441 e. The number of aryl methyl sites for hydroxylation is 2. The van der Waals surface area contributed by atoms with Crippen LogP contribution in [0.15, 0.2) is 28.7 Å². The van der Waals surface area contributed by atoms with E-state index in [1.54, 1.807) is 11.8 Å². The Kier molecular flexibility index (Phi) is 6.15. The van der Waals surface area contributed by atoms with Gasteiger partial charge in [0.25, 0.3) is 0 Å². The fourth-order valence-electron chi connectivity index (χ4n) is 2.71. The number of oxazole rings is 1. The first-order valence-corrected chi connectivity index (χ1v) is 9.76. The molecule has 0 bridgehead atoms. The molecule has 1 aromatic heterocycles. The second-order valence-corrected chi connectivity index (χ2v) is 7.31. The third kappa shape index (κ3) is 5.09. The van der Waals surface area contributed by atoms with E-state index >= 15 is 0 Å². The number of hydrogen-bond acceptors (Lipinski definition) is 5. The van der Waals surface area contributed by atoms with E-state index in [9.17, 15) is 4.79 Å². The zero-order chi connectivity index (χ0) is 17.6. The van der Waals surface area contributed by atoms with Gasteiger partial charge in [0.1, 0.15) is 5.76 Å². The molecule has 134 valence electrons. The Bertz CT molecular complexity index is 706. The molecule has 0 radical (unpaired) electrons. The highest BCUT2D eigenvalue weighted by Gasteiger charge is 2.16. The molecule has 1 aliphatic heterocycles. The van der Waals surface area contributed by atoms with Crippen LogP contribution in [0.3, 0.4) is 0 Å². The highest BCUT2D eigenvalue weighted by Crippen LogP contribution is 2.24. The quantitative estimate of drug-likeness (QED) is 0.819. The predicted octanol–water partition coefficient (Wildman–Crippen LogP) is 3.49. The van der Waals surface area contributed by atoms with Crippen molar-refractivity contribution in [2.45, 2.75) is 38.5 Å². The molecule has 25 heavy (non-hydrogen) atoms. The van der Waals surface area contributed by atoms with Crippen molar-refractivity contribution >= 4 is 17.7 Å². The van der Waals surface area contributed by atoms with Gasteiger partial charge in [0.15, 0.2) is 0 Å². The number of ether oxygens (including phenoxy) is 1. The van der Waals surface area contributed by atoms with Gasteiger partial charge < -0.3 is 14.5 Å². The number of benzene rings is 1. The Morgan fingerprint density at radius 1 is 1.32 bits per heavy atom. The molecule has 2 aromatic rings. The molecule has 5 nitrogen and oxygen atoms in total. The fraction of sp³-hybridized carbons (Fsp3) is 0.474. The number of thioether (sulfide) groups is 1. The van der Waals surface area contributed by atoms with Crippen LogP contribution in [0.1, 0.15) is 29.9 Å². The summed E-state index contributed by atoms with van der Waals surface area (Å²) in [6.45, 7) is 5.39. The van der Waals surface area contributed by atoms with E-state index in [4.69, 9.17) is 9.15 Å². The highest BCUT2D eigenvalue weighted by atomic mass is 32.2. The Hall–Kier alpha value is -1.79. The maximum absolute atomic E-state index is 11.9. The molecular weight excluding hydrogens is 336 g/mol.